The minimum absolute atomic E-state index is 0.477. The van der Waals surface area contributed by atoms with Gasteiger partial charge in [0.1, 0.15) is 0 Å². The highest BCUT2D eigenvalue weighted by Crippen LogP contribution is 2.32. The van der Waals surface area contributed by atoms with Gasteiger partial charge in [-0.25, -0.2) is 0 Å². The first-order valence-corrected chi connectivity index (χ1v) is 5.30. The molecule has 1 N–H and O–H groups in total. The molecule has 1 atom stereocenters. The van der Waals surface area contributed by atoms with Crippen LogP contribution in [0.3, 0.4) is 0 Å². The highest BCUT2D eigenvalue weighted by molar-refractivity contribution is 5.43. The molecule has 0 amide bonds. The summed E-state index contributed by atoms with van der Waals surface area (Å²) in [5.74, 6) is 1.60. The van der Waals surface area contributed by atoms with Crippen LogP contribution in [0.2, 0.25) is 0 Å². The Kier molecular flexibility index (Phi) is 3.11. The third-order valence-electron chi connectivity index (χ3n) is 2.87. The SMILES string of the molecule is COc1ccc(C2CCCN2)cc1OC. The quantitative estimate of drug-likeness (QED) is 0.823. The molecule has 82 valence electrons. The third-order valence-corrected chi connectivity index (χ3v) is 2.87. The average Bonchev–Trinajstić information content (AvgIpc) is 2.81. The Hall–Kier alpha value is -1.22. The van der Waals surface area contributed by atoms with E-state index < -0.39 is 0 Å². The maximum Gasteiger partial charge on any atom is 0.161 e. The zero-order valence-corrected chi connectivity index (χ0v) is 9.25. The molecule has 0 aliphatic carbocycles. The molecule has 1 saturated heterocycles. The molecule has 1 aliphatic heterocycles. The summed E-state index contributed by atoms with van der Waals surface area (Å²) >= 11 is 0. The number of hydrogen-bond acceptors (Lipinski definition) is 3. The number of hydrogen-bond donors (Lipinski definition) is 1. The number of methoxy groups -OCH3 is 2. The minimum atomic E-state index is 0.477. The van der Waals surface area contributed by atoms with Crippen LogP contribution >= 0.6 is 0 Å². The molecule has 0 saturated carbocycles. The summed E-state index contributed by atoms with van der Waals surface area (Å²) in [6, 6.07) is 6.60. The van der Waals surface area contributed by atoms with Crippen molar-refractivity contribution in [3.8, 4) is 11.5 Å². The van der Waals surface area contributed by atoms with Crippen molar-refractivity contribution in [1.82, 2.24) is 5.32 Å². The number of nitrogens with one attached hydrogen (secondary N) is 1. The van der Waals surface area contributed by atoms with Crippen LogP contribution in [-0.2, 0) is 0 Å². The Morgan fingerprint density at radius 1 is 1.20 bits per heavy atom. The maximum absolute atomic E-state index is 5.28. The summed E-state index contributed by atoms with van der Waals surface area (Å²) in [5.41, 5.74) is 1.28. The molecule has 2 rings (SSSR count). The zero-order valence-electron chi connectivity index (χ0n) is 9.25. The van der Waals surface area contributed by atoms with Crippen LogP contribution < -0.4 is 14.8 Å². The Morgan fingerprint density at radius 2 is 2.00 bits per heavy atom. The van der Waals surface area contributed by atoms with Gasteiger partial charge in [-0.15, -0.1) is 0 Å². The van der Waals surface area contributed by atoms with E-state index >= 15 is 0 Å². The summed E-state index contributed by atoms with van der Waals surface area (Å²) < 4.78 is 10.5. The van der Waals surface area contributed by atoms with E-state index in [9.17, 15) is 0 Å². The van der Waals surface area contributed by atoms with Gasteiger partial charge >= 0.3 is 0 Å². The lowest BCUT2D eigenvalue weighted by Crippen LogP contribution is -2.12. The topological polar surface area (TPSA) is 30.5 Å². The molecule has 1 unspecified atom stereocenters. The molecule has 0 aromatic heterocycles. The van der Waals surface area contributed by atoms with Crippen LogP contribution in [0.15, 0.2) is 18.2 Å². The van der Waals surface area contributed by atoms with Gasteiger partial charge in [0.15, 0.2) is 11.5 Å². The highest BCUT2D eigenvalue weighted by atomic mass is 16.5. The molecular formula is C12H17NO2. The van der Waals surface area contributed by atoms with Gasteiger partial charge in [0, 0.05) is 6.04 Å². The first-order chi connectivity index (χ1) is 7.35. The van der Waals surface area contributed by atoms with Crippen LogP contribution in [0.5, 0.6) is 11.5 Å². The Labute approximate surface area is 90.4 Å². The third kappa shape index (κ3) is 2.07. The lowest BCUT2D eigenvalue weighted by molar-refractivity contribution is 0.354. The predicted molar refractivity (Wildman–Crippen MR) is 59.5 cm³/mol. The number of benzene rings is 1. The van der Waals surface area contributed by atoms with Gasteiger partial charge in [-0.2, -0.15) is 0 Å². The molecule has 0 bridgehead atoms. The molecule has 15 heavy (non-hydrogen) atoms. The van der Waals surface area contributed by atoms with Crippen LogP contribution in [0.1, 0.15) is 24.4 Å². The Balaban J connectivity index is 2.25. The summed E-state index contributed by atoms with van der Waals surface area (Å²) in [6.45, 7) is 1.11. The van der Waals surface area contributed by atoms with Crippen LogP contribution in [0.4, 0.5) is 0 Å². The molecular weight excluding hydrogens is 190 g/mol. The van der Waals surface area contributed by atoms with Gasteiger partial charge in [-0.3, -0.25) is 0 Å². The van der Waals surface area contributed by atoms with Crippen LogP contribution in [-0.4, -0.2) is 20.8 Å². The largest absolute Gasteiger partial charge is 0.493 e. The fourth-order valence-electron chi connectivity index (χ4n) is 2.04. The summed E-state index contributed by atoms with van der Waals surface area (Å²) in [6.07, 6.45) is 2.45. The Morgan fingerprint density at radius 3 is 2.60 bits per heavy atom. The molecule has 3 heteroatoms. The van der Waals surface area contributed by atoms with Gasteiger partial charge < -0.3 is 14.8 Å². The molecule has 1 heterocycles. The fraction of sp³-hybridized carbons (Fsp3) is 0.500. The molecule has 3 nitrogen and oxygen atoms in total. The first kappa shape index (κ1) is 10.3. The molecule has 0 radical (unpaired) electrons. The van der Waals surface area contributed by atoms with E-state index in [4.69, 9.17) is 9.47 Å². The fourth-order valence-corrected chi connectivity index (χ4v) is 2.04. The van der Waals surface area contributed by atoms with Crippen molar-refractivity contribution in [3.63, 3.8) is 0 Å². The second kappa shape index (κ2) is 4.53. The maximum atomic E-state index is 5.28. The standard InChI is InChI=1S/C12H17NO2/c1-14-11-6-5-9(8-12(11)15-2)10-4-3-7-13-10/h5-6,8,10,13H,3-4,7H2,1-2H3. The van der Waals surface area contributed by atoms with E-state index in [1.54, 1.807) is 14.2 Å². The molecule has 1 aromatic carbocycles. The summed E-state index contributed by atoms with van der Waals surface area (Å²) in [5, 5.41) is 3.47. The monoisotopic (exact) mass is 207 g/mol. The average molecular weight is 207 g/mol. The lowest BCUT2D eigenvalue weighted by atomic mass is 10.0. The van der Waals surface area contributed by atoms with E-state index in [0.29, 0.717) is 6.04 Å². The summed E-state index contributed by atoms with van der Waals surface area (Å²) in [4.78, 5) is 0. The second-order valence-electron chi connectivity index (χ2n) is 3.76. The van der Waals surface area contributed by atoms with Crippen molar-refractivity contribution in [2.24, 2.45) is 0 Å². The summed E-state index contributed by atoms with van der Waals surface area (Å²) in [7, 11) is 3.33. The smallest absolute Gasteiger partial charge is 0.161 e. The van der Waals surface area contributed by atoms with Gasteiger partial charge in [0.25, 0.3) is 0 Å². The lowest BCUT2D eigenvalue weighted by Gasteiger charge is -2.14. The number of ether oxygens (including phenoxy) is 2. The first-order valence-electron chi connectivity index (χ1n) is 5.30. The highest BCUT2D eigenvalue weighted by Gasteiger charge is 2.17. The number of rotatable bonds is 3. The van der Waals surface area contributed by atoms with E-state index in [2.05, 4.69) is 17.4 Å². The van der Waals surface area contributed by atoms with E-state index in [1.807, 2.05) is 6.07 Å². The van der Waals surface area contributed by atoms with Crippen molar-refractivity contribution in [2.75, 3.05) is 20.8 Å². The Bertz CT molecular complexity index is 332. The normalized spacial score (nSPS) is 20.3. The molecule has 1 aliphatic rings. The van der Waals surface area contributed by atoms with Gasteiger partial charge in [0.2, 0.25) is 0 Å². The van der Waals surface area contributed by atoms with Gasteiger partial charge in [0.05, 0.1) is 14.2 Å². The van der Waals surface area contributed by atoms with Crippen molar-refractivity contribution in [1.29, 1.82) is 0 Å². The van der Waals surface area contributed by atoms with Crippen molar-refractivity contribution in [2.45, 2.75) is 18.9 Å². The molecule has 1 fully saturated rings. The minimum Gasteiger partial charge on any atom is -0.493 e. The van der Waals surface area contributed by atoms with Crippen molar-refractivity contribution in [3.05, 3.63) is 23.8 Å². The van der Waals surface area contributed by atoms with E-state index in [0.717, 1.165) is 18.0 Å². The van der Waals surface area contributed by atoms with E-state index in [1.165, 1.54) is 18.4 Å². The van der Waals surface area contributed by atoms with E-state index in [-0.39, 0.29) is 0 Å². The molecule has 0 spiro atoms. The van der Waals surface area contributed by atoms with Crippen molar-refractivity contribution >= 4 is 0 Å². The zero-order chi connectivity index (χ0) is 10.7. The molecule has 1 aromatic rings. The van der Waals surface area contributed by atoms with Gasteiger partial charge in [-0.05, 0) is 37.1 Å². The predicted octanol–water partition coefficient (Wildman–Crippen LogP) is 2.13. The van der Waals surface area contributed by atoms with Crippen LogP contribution in [0, 0.1) is 0 Å². The second-order valence-corrected chi connectivity index (χ2v) is 3.76. The van der Waals surface area contributed by atoms with Crippen LogP contribution in [0.25, 0.3) is 0 Å². The van der Waals surface area contributed by atoms with Gasteiger partial charge in [-0.1, -0.05) is 6.07 Å². The van der Waals surface area contributed by atoms with Crippen molar-refractivity contribution < 1.29 is 9.47 Å².